The summed E-state index contributed by atoms with van der Waals surface area (Å²) in [7, 11) is 3.27. The van der Waals surface area contributed by atoms with Gasteiger partial charge in [0.15, 0.2) is 0 Å². The predicted molar refractivity (Wildman–Crippen MR) is 101 cm³/mol. The molecule has 0 fully saturated rings. The van der Waals surface area contributed by atoms with E-state index in [2.05, 4.69) is 22.1 Å². The normalized spacial score (nSPS) is 16.8. The lowest BCUT2D eigenvalue weighted by atomic mass is 9.98. The van der Waals surface area contributed by atoms with Crippen LogP contribution >= 0.6 is 0 Å². The van der Waals surface area contributed by atoms with Gasteiger partial charge in [-0.25, -0.2) is 4.79 Å². The molecule has 1 aromatic carbocycles. The molecule has 1 N–H and O–H groups in total. The first-order valence-electron chi connectivity index (χ1n) is 8.80. The van der Waals surface area contributed by atoms with Crippen molar-refractivity contribution < 1.29 is 14.3 Å². The van der Waals surface area contributed by atoms with Crippen molar-refractivity contribution in [1.29, 1.82) is 0 Å². The predicted octanol–water partition coefficient (Wildman–Crippen LogP) is 3.42. The molecular weight excluding hydrogens is 330 g/mol. The van der Waals surface area contributed by atoms with Crippen molar-refractivity contribution >= 4 is 6.03 Å². The molecule has 140 valence electrons. The summed E-state index contributed by atoms with van der Waals surface area (Å²) in [5, 5.41) is 3.08. The van der Waals surface area contributed by atoms with Crippen molar-refractivity contribution in [2.45, 2.75) is 38.9 Å². The van der Waals surface area contributed by atoms with E-state index >= 15 is 0 Å². The van der Waals surface area contributed by atoms with E-state index in [-0.39, 0.29) is 17.6 Å². The highest BCUT2D eigenvalue weighted by Gasteiger charge is 2.35. The van der Waals surface area contributed by atoms with E-state index < -0.39 is 0 Å². The van der Waals surface area contributed by atoms with Crippen LogP contribution in [-0.2, 0) is 6.54 Å². The van der Waals surface area contributed by atoms with Gasteiger partial charge in [0.2, 0.25) is 0 Å². The number of nitrogens with zero attached hydrogens (tertiary/aromatic N) is 2. The topological polar surface area (TPSA) is 55.7 Å². The van der Waals surface area contributed by atoms with Crippen LogP contribution in [0.5, 0.6) is 11.5 Å². The highest BCUT2D eigenvalue weighted by atomic mass is 16.5. The van der Waals surface area contributed by atoms with Gasteiger partial charge in [0.25, 0.3) is 0 Å². The average molecular weight is 357 g/mol. The van der Waals surface area contributed by atoms with E-state index in [9.17, 15) is 4.79 Å². The number of amides is 2. The van der Waals surface area contributed by atoms with Crippen molar-refractivity contribution in [3.05, 3.63) is 47.8 Å². The molecule has 0 spiro atoms. The molecule has 2 heterocycles. The highest BCUT2D eigenvalue weighted by Crippen LogP contribution is 2.39. The Labute approximate surface area is 154 Å². The average Bonchev–Trinajstić information content (AvgIpc) is 3.07. The lowest BCUT2D eigenvalue weighted by Crippen LogP contribution is -2.52. The second-order valence-corrected chi connectivity index (χ2v) is 7.51. The Bertz CT molecular complexity index is 792. The van der Waals surface area contributed by atoms with Crippen LogP contribution in [0.25, 0.3) is 0 Å². The maximum atomic E-state index is 13.0. The number of carbonyl (C=O) groups is 1. The third-order valence-corrected chi connectivity index (χ3v) is 4.52. The molecule has 1 aliphatic rings. The molecule has 26 heavy (non-hydrogen) atoms. The van der Waals surface area contributed by atoms with E-state index in [0.717, 1.165) is 23.6 Å². The molecule has 1 unspecified atom stereocenters. The quantitative estimate of drug-likeness (QED) is 0.916. The van der Waals surface area contributed by atoms with E-state index in [4.69, 9.17) is 9.47 Å². The van der Waals surface area contributed by atoms with Crippen molar-refractivity contribution in [2.75, 3.05) is 20.8 Å². The Balaban J connectivity index is 2.06. The molecule has 1 aliphatic heterocycles. The number of carbonyl (C=O) groups excluding carboxylic acids is 1. The van der Waals surface area contributed by atoms with E-state index in [1.54, 1.807) is 14.2 Å². The summed E-state index contributed by atoms with van der Waals surface area (Å²) in [5.41, 5.74) is 1.71. The summed E-state index contributed by atoms with van der Waals surface area (Å²) in [6.45, 7) is 7.36. The van der Waals surface area contributed by atoms with Crippen LogP contribution in [0.2, 0.25) is 0 Å². The number of fused-ring (bicyclic) bond motifs is 1. The van der Waals surface area contributed by atoms with E-state index in [1.165, 1.54) is 0 Å². The standard InChI is InChI=1S/C20H27N3O3/c1-20(2,3)21-19(24)23-12-11-22-10-6-7-16(22)18(23)15-9-8-14(25-4)13-17(15)26-5/h6-10,13,18H,11-12H2,1-5H3,(H,21,24). The lowest BCUT2D eigenvalue weighted by molar-refractivity contribution is 0.159. The van der Waals surface area contributed by atoms with Crippen LogP contribution in [-0.4, -0.2) is 41.8 Å². The second-order valence-electron chi connectivity index (χ2n) is 7.51. The summed E-state index contributed by atoms with van der Waals surface area (Å²) in [6.07, 6.45) is 2.05. The molecule has 0 radical (unpaired) electrons. The number of ether oxygens (including phenoxy) is 2. The summed E-state index contributed by atoms with van der Waals surface area (Å²) in [6, 6.07) is 9.52. The van der Waals surface area contributed by atoms with Crippen molar-refractivity contribution in [3.63, 3.8) is 0 Å². The molecule has 3 rings (SSSR count). The van der Waals surface area contributed by atoms with Gasteiger partial charge in [-0.05, 0) is 45.0 Å². The van der Waals surface area contributed by atoms with Gasteiger partial charge < -0.3 is 24.3 Å². The van der Waals surface area contributed by atoms with Gasteiger partial charge in [0.05, 0.1) is 14.2 Å². The molecule has 2 amide bonds. The maximum absolute atomic E-state index is 13.0. The summed E-state index contributed by atoms with van der Waals surface area (Å²) >= 11 is 0. The number of rotatable bonds is 3. The molecule has 0 saturated carbocycles. The van der Waals surface area contributed by atoms with Gasteiger partial charge in [0, 0.05) is 42.1 Å². The number of nitrogens with one attached hydrogen (secondary N) is 1. The van der Waals surface area contributed by atoms with Gasteiger partial charge in [-0.1, -0.05) is 0 Å². The number of hydrogen-bond donors (Lipinski definition) is 1. The minimum absolute atomic E-state index is 0.0761. The van der Waals surface area contributed by atoms with Crippen LogP contribution in [0.1, 0.15) is 38.1 Å². The summed E-state index contributed by atoms with van der Waals surface area (Å²) in [4.78, 5) is 14.9. The first-order chi connectivity index (χ1) is 12.3. The molecule has 1 atom stereocenters. The minimum atomic E-state index is -0.301. The van der Waals surface area contributed by atoms with Gasteiger partial charge in [-0.2, -0.15) is 0 Å². The lowest BCUT2D eigenvalue weighted by Gasteiger charge is -2.39. The fourth-order valence-electron chi connectivity index (χ4n) is 3.37. The van der Waals surface area contributed by atoms with Gasteiger partial charge in [-0.15, -0.1) is 0 Å². The summed E-state index contributed by atoms with van der Waals surface area (Å²) in [5.74, 6) is 1.43. The van der Waals surface area contributed by atoms with Crippen LogP contribution in [0.4, 0.5) is 4.79 Å². The first-order valence-corrected chi connectivity index (χ1v) is 8.80. The second kappa shape index (κ2) is 6.94. The van der Waals surface area contributed by atoms with Gasteiger partial charge in [0.1, 0.15) is 17.5 Å². The molecular formula is C20H27N3O3. The zero-order valence-corrected chi connectivity index (χ0v) is 16.1. The fourth-order valence-corrected chi connectivity index (χ4v) is 3.37. The molecule has 6 heteroatoms. The van der Waals surface area contributed by atoms with Gasteiger partial charge in [-0.3, -0.25) is 0 Å². The van der Waals surface area contributed by atoms with E-state index in [1.807, 2.05) is 49.9 Å². The molecule has 0 aliphatic carbocycles. The van der Waals surface area contributed by atoms with Crippen LogP contribution in [0.15, 0.2) is 36.5 Å². The van der Waals surface area contributed by atoms with Crippen LogP contribution in [0, 0.1) is 0 Å². The first kappa shape index (κ1) is 18.2. The zero-order valence-electron chi connectivity index (χ0n) is 16.1. The number of methoxy groups -OCH3 is 2. The third-order valence-electron chi connectivity index (χ3n) is 4.52. The number of aromatic nitrogens is 1. The van der Waals surface area contributed by atoms with Crippen LogP contribution in [0.3, 0.4) is 0 Å². The molecule has 2 aromatic rings. The monoisotopic (exact) mass is 357 g/mol. The van der Waals surface area contributed by atoms with Crippen molar-refractivity contribution in [1.82, 2.24) is 14.8 Å². The van der Waals surface area contributed by atoms with Crippen LogP contribution < -0.4 is 14.8 Å². The number of hydrogen-bond acceptors (Lipinski definition) is 3. The van der Waals surface area contributed by atoms with Gasteiger partial charge >= 0.3 is 6.03 Å². The number of benzene rings is 1. The molecule has 0 saturated heterocycles. The highest BCUT2D eigenvalue weighted by molar-refractivity contribution is 5.76. The Kier molecular flexibility index (Phi) is 4.85. The zero-order chi connectivity index (χ0) is 18.9. The molecule has 6 nitrogen and oxygen atoms in total. The fraction of sp³-hybridized carbons (Fsp3) is 0.450. The Morgan fingerprint density at radius 1 is 1.15 bits per heavy atom. The SMILES string of the molecule is COc1ccc(C2c3cccn3CCN2C(=O)NC(C)(C)C)c(OC)c1. The smallest absolute Gasteiger partial charge is 0.318 e. The Morgan fingerprint density at radius 3 is 2.58 bits per heavy atom. The van der Waals surface area contributed by atoms with Crippen molar-refractivity contribution in [2.24, 2.45) is 0 Å². The maximum Gasteiger partial charge on any atom is 0.318 e. The third kappa shape index (κ3) is 3.49. The number of urea groups is 1. The summed E-state index contributed by atoms with van der Waals surface area (Å²) < 4.78 is 13.1. The van der Waals surface area contributed by atoms with E-state index in [0.29, 0.717) is 12.3 Å². The molecule has 0 bridgehead atoms. The molecule has 1 aromatic heterocycles. The Morgan fingerprint density at radius 2 is 1.92 bits per heavy atom. The minimum Gasteiger partial charge on any atom is -0.497 e. The van der Waals surface area contributed by atoms with Crippen molar-refractivity contribution in [3.8, 4) is 11.5 Å². The Hall–Kier alpha value is -2.63. The largest absolute Gasteiger partial charge is 0.497 e.